The van der Waals surface area contributed by atoms with Crippen molar-refractivity contribution < 1.29 is 8.78 Å². The number of halogens is 3. The van der Waals surface area contributed by atoms with Gasteiger partial charge in [0.05, 0.1) is 0 Å². The molecule has 1 nitrogen and oxygen atoms in total. The molecule has 0 spiro atoms. The van der Waals surface area contributed by atoms with Crippen molar-refractivity contribution in [2.75, 3.05) is 6.54 Å². The number of benzene rings is 2. The third-order valence-corrected chi connectivity index (χ3v) is 3.51. The van der Waals surface area contributed by atoms with E-state index in [1.165, 1.54) is 12.1 Å². The van der Waals surface area contributed by atoms with Gasteiger partial charge < -0.3 is 5.32 Å². The van der Waals surface area contributed by atoms with E-state index >= 15 is 0 Å². The second-order valence-electron chi connectivity index (χ2n) is 4.54. The maximum atomic E-state index is 14.0. The van der Waals surface area contributed by atoms with Crippen molar-refractivity contribution in [3.05, 3.63) is 70.2 Å². The lowest BCUT2D eigenvalue weighted by Gasteiger charge is -2.20. The smallest absolute Gasteiger partial charge is 0.129 e. The van der Waals surface area contributed by atoms with Crippen LogP contribution >= 0.6 is 11.6 Å². The van der Waals surface area contributed by atoms with E-state index in [0.717, 1.165) is 0 Å². The first-order valence-corrected chi connectivity index (χ1v) is 6.92. The third-order valence-electron chi connectivity index (χ3n) is 3.18. The van der Waals surface area contributed by atoms with Gasteiger partial charge >= 0.3 is 0 Å². The number of hydrogen-bond acceptors (Lipinski definition) is 1. The Kier molecular flexibility index (Phi) is 5.10. The van der Waals surface area contributed by atoms with Crippen molar-refractivity contribution >= 4 is 11.6 Å². The highest BCUT2D eigenvalue weighted by molar-refractivity contribution is 6.31. The van der Waals surface area contributed by atoms with Crippen LogP contribution in [0.2, 0.25) is 5.02 Å². The molecule has 0 radical (unpaired) electrons. The molecule has 0 amide bonds. The summed E-state index contributed by atoms with van der Waals surface area (Å²) in [7, 11) is 0. The van der Waals surface area contributed by atoms with Crippen molar-refractivity contribution in [3.8, 4) is 0 Å². The average Bonchev–Trinajstić information content (AvgIpc) is 2.41. The standard InChI is InChI=1S/C16H16ClF2N/c1-2-20-15(10-11-6-3-4-8-13(11)18)16-12(17)7-5-9-14(16)19/h3-9,15,20H,2,10H2,1H3. The van der Waals surface area contributed by atoms with E-state index < -0.39 is 0 Å². The molecular weight excluding hydrogens is 280 g/mol. The first kappa shape index (κ1) is 14.9. The molecule has 0 saturated carbocycles. The Morgan fingerprint density at radius 3 is 2.40 bits per heavy atom. The van der Waals surface area contributed by atoms with Crippen LogP contribution < -0.4 is 5.32 Å². The highest BCUT2D eigenvalue weighted by atomic mass is 35.5. The summed E-state index contributed by atoms with van der Waals surface area (Å²) < 4.78 is 27.8. The normalized spacial score (nSPS) is 12.4. The number of rotatable bonds is 5. The predicted molar refractivity (Wildman–Crippen MR) is 77.9 cm³/mol. The molecular formula is C16H16ClF2N. The lowest BCUT2D eigenvalue weighted by Crippen LogP contribution is -2.24. The molecule has 0 aromatic heterocycles. The molecule has 1 unspecified atom stereocenters. The van der Waals surface area contributed by atoms with Crippen molar-refractivity contribution in [3.63, 3.8) is 0 Å². The summed E-state index contributed by atoms with van der Waals surface area (Å²) >= 11 is 6.09. The van der Waals surface area contributed by atoms with Gasteiger partial charge in [-0.1, -0.05) is 42.8 Å². The second kappa shape index (κ2) is 6.82. The molecule has 0 aliphatic rings. The van der Waals surface area contributed by atoms with Gasteiger partial charge in [-0.15, -0.1) is 0 Å². The summed E-state index contributed by atoms with van der Waals surface area (Å²) in [5, 5.41) is 3.52. The van der Waals surface area contributed by atoms with E-state index in [9.17, 15) is 8.78 Å². The van der Waals surface area contributed by atoms with Gasteiger partial charge in [-0.3, -0.25) is 0 Å². The van der Waals surface area contributed by atoms with E-state index in [4.69, 9.17) is 11.6 Å². The van der Waals surface area contributed by atoms with Gasteiger partial charge in [-0.05, 0) is 36.7 Å². The van der Waals surface area contributed by atoms with E-state index in [2.05, 4.69) is 5.32 Å². The maximum absolute atomic E-state index is 14.0. The SMILES string of the molecule is CCNC(Cc1ccccc1F)c1c(F)cccc1Cl. The molecule has 0 fully saturated rings. The summed E-state index contributed by atoms with van der Waals surface area (Å²) in [5.41, 5.74) is 0.928. The van der Waals surface area contributed by atoms with Crippen molar-refractivity contribution in [2.24, 2.45) is 0 Å². The minimum Gasteiger partial charge on any atom is -0.310 e. The number of likely N-dealkylation sites (N-methyl/N-ethyl adjacent to an activating group) is 1. The molecule has 4 heteroatoms. The molecule has 0 heterocycles. The van der Waals surface area contributed by atoms with Gasteiger partial charge in [0.15, 0.2) is 0 Å². The lowest BCUT2D eigenvalue weighted by molar-refractivity contribution is 0.498. The van der Waals surface area contributed by atoms with Crippen LogP contribution in [0.5, 0.6) is 0 Å². The predicted octanol–water partition coefficient (Wildman–Crippen LogP) is 4.51. The fraction of sp³-hybridized carbons (Fsp3) is 0.250. The van der Waals surface area contributed by atoms with Crippen LogP contribution in [0.15, 0.2) is 42.5 Å². The summed E-state index contributed by atoms with van der Waals surface area (Å²) in [4.78, 5) is 0. The molecule has 20 heavy (non-hydrogen) atoms. The fourth-order valence-corrected chi connectivity index (χ4v) is 2.54. The van der Waals surface area contributed by atoms with Gasteiger partial charge in [-0.2, -0.15) is 0 Å². The van der Waals surface area contributed by atoms with Crippen LogP contribution in [0.4, 0.5) is 8.78 Å². The van der Waals surface area contributed by atoms with Gasteiger partial charge in [0.25, 0.3) is 0 Å². The molecule has 2 rings (SSSR count). The van der Waals surface area contributed by atoms with Crippen LogP contribution in [-0.4, -0.2) is 6.54 Å². The van der Waals surface area contributed by atoms with E-state index in [0.29, 0.717) is 29.1 Å². The van der Waals surface area contributed by atoms with Crippen molar-refractivity contribution in [1.29, 1.82) is 0 Å². The monoisotopic (exact) mass is 295 g/mol. The summed E-state index contributed by atoms with van der Waals surface area (Å²) in [6.07, 6.45) is 0.348. The zero-order valence-electron chi connectivity index (χ0n) is 11.2. The number of hydrogen-bond donors (Lipinski definition) is 1. The Morgan fingerprint density at radius 2 is 1.75 bits per heavy atom. The largest absolute Gasteiger partial charge is 0.310 e. The van der Waals surface area contributed by atoms with Gasteiger partial charge in [0, 0.05) is 16.6 Å². The van der Waals surface area contributed by atoms with Crippen molar-refractivity contribution in [1.82, 2.24) is 5.32 Å². The summed E-state index contributed by atoms with van der Waals surface area (Å²) in [6, 6.07) is 10.7. The zero-order chi connectivity index (χ0) is 14.5. The molecule has 2 aromatic carbocycles. The first-order valence-electron chi connectivity index (χ1n) is 6.54. The van der Waals surface area contributed by atoms with Gasteiger partial charge in [-0.25, -0.2) is 8.78 Å². The molecule has 0 aliphatic carbocycles. The Labute approximate surface area is 122 Å². The van der Waals surface area contributed by atoms with Gasteiger partial charge in [0.2, 0.25) is 0 Å². The molecule has 0 aliphatic heterocycles. The molecule has 106 valence electrons. The highest BCUT2D eigenvalue weighted by Gasteiger charge is 2.19. The summed E-state index contributed by atoms with van der Waals surface area (Å²) in [5.74, 6) is -0.664. The Morgan fingerprint density at radius 1 is 1.05 bits per heavy atom. The minimum absolute atomic E-state index is 0.289. The van der Waals surface area contributed by atoms with E-state index in [1.807, 2.05) is 6.92 Å². The first-order chi connectivity index (χ1) is 9.63. The van der Waals surface area contributed by atoms with Gasteiger partial charge in [0.1, 0.15) is 11.6 Å². The van der Waals surface area contributed by atoms with E-state index in [-0.39, 0.29) is 17.7 Å². The topological polar surface area (TPSA) is 12.0 Å². The molecule has 1 N–H and O–H groups in total. The lowest BCUT2D eigenvalue weighted by atomic mass is 9.98. The minimum atomic E-state index is -0.375. The van der Waals surface area contributed by atoms with Crippen molar-refractivity contribution in [2.45, 2.75) is 19.4 Å². The van der Waals surface area contributed by atoms with Crippen LogP contribution in [-0.2, 0) is 6.42 Å². The van der Waals surface area contributed by atoms with Crippen LogP contribution in [0.3, 0.4) is 0 Å². The summed E-state index contributed by atoms with van der Waals surface area (Å²) in [6.45, 7) is 2.56. The second-order valence-corrected chi connectivity index (χ2v) is 4.95. The van der Waals surface area contributed by atoms with Crippen LogP contribution in [0, 0.1) is 11.6 Å². The maximum Gasteiger partial charge on any atom is 0.129 e. The van der Waals surface area contributed by atoms with Crippen LogP contribution in [0.1, 0.15) is 24.1 Å². The molecule has 0 bridgehead atoms. The fourth-order valence-electron chi connectivity index (χ4n) is 2.25. The highest BCUT2D eigenvalue weighted by Crippen LogP contribution is 2.28. The molecule has 2 aromatic rings. The Balaban J connectivity index is 2.35. The average molecular weight is 296 g/mol. The molecule has 0 saturated heterocycles. The Hall–Kier alpha value is -1.45. The zero-order valence-corrected chi connectivity index (χ0v) is 11.9. The van der Waals surface area contributed by atoms with Crippen LogP contribution in [0.25, 0.3) is 0 Å². The van der Waals surface area contributed by atoms with E-state index in [1.54, 1.807) is 30.3 Å². The molecule has 1 atom stereocenters. The third kappa shape index (κ3) is 3.35. The quantitative estimate of drug-likeness (QED) is 0.855. The number of nitrogens with one attached hydrogen (secondary N) is 1. The Bertz CT molecular complexity index is 566.